The Labute approximate surface area is 211 Å². The summed E-state index contributed by atoms with van der Waals surface area (Å²) in [5.41, 5.74) is 5.11. The maximum absolute atomic E-state index is 13.4. The Balaban J connectivity index is 1.25. The summed E-state index contributed by atoms with van der Waals surface area (Å²) in [4.78, 5) is 46.5. The van der Waals surface area contributed by atoms with E-state index in [0.717, 1.165) is 27.4 Å². The third-order valence-corrected chi connectivity index (χ3v) is 6.82. The first kappa shape index (κ1) is 22.2. The van der Waals surface area contributed by atoms with Crippen molar-refractivity contribution in [1.29, 1.82) is 0 Å². The fraction of sp³-hybridized carbons (Fsp3) is 0.148. The summed E-state index contributed by atoms with van der Waals surface area (Å²) in [6.07, 6.45) is 2.25. The van der Waals surface area contributed by atoms with Crippen molar-refractivity contribution in [2.24, 2.45) is 0 Å². The molecule has 2 aliphatic heterocycles. The van der Waals surface area contributed by atoms with E-state index in [0.29, 0.717) is 41.4 Å². The van der Waals surface area contributed by atoms with E-state index in [1.54, 1.807) is 47.5 Å². The molecule has 0 saturated carbocycles. The summed E-state index contributed by atoms with van der Waals surface area (Å²) in [5, 5.41) is 8.17. The minimum atomic E-state index is -0.422. The number of H-pyrrole nitrogens is 1. The topological polar surface area (TPSA) is 99.3 Å². The third-order valence-electron chi connectivity index (χ3n) is 6.58. The summed E-state index contributed by atoms with van der Waals surface area (Å²) in [5.74, 6) is -1.01. The smallest absolute Gasteiger partial charge is 0.261 e. The van der Waals surface area contributed by atoms with E-state index in [9.17, 15) is 14.4 Å². The van der Waals surface area contributed by atoms with Gasteiger partial charge in [-0.1, -0.05) is 29.8 Å². The lowest BCUT2D eigenvalue weighted by molar-refractivity contribution is 0.0640. The zero-order chi connectivity index (χ0) is 24.8. The highest BCUT2D eigenvalue weighted by Gasteiger charge is 2.37. The Morgan fingerprint density at radius 3 is 2.67 bits per heavy atom. The molecule has 2 aromatic carbocycles. The van der Waals surface area contributed by atoms with Crippen LogP contribution in [0.2, 0.25) is 5.02 Å². The van der Waals surface area contributed by atoms with Gasteiger partial charge in [0.2, 0.25) is 0 Å². The maximum Gasteiger partial charge on any atom is 0.261 e. The normalized spacial score (nSPS) is 14.7. The fourth-order valence-corrected chi connectivity index (χ4v) is 4.94. The highest BCUT2D eigenvalue weighted by Crippen LogP contribution is 2.31. The molecule has 0 saturated heterocycles. The number of carbonyl (C=O) groups excluding carboxylic acids is 3. The van der Waals surface area contributed by atoms with Crippen LogP contribution in [0.5, 0.6) is 0 Å². The number of rotatable bonds is 4. The molecule has 0 bridgehead atoms. The number of halogens is 1. The van der Waals surface area contributed by atoms with E-state index in [1.165, 1.54) is 6.07 Å². The largest absolute Gasteiger partial charge is 0.334 e. The zero-order valence-electron chi connectivity index (χ0n) is 19.1. The molecule has 1 N–H and O–H groups in total. The number of aromatic amines is 1. The number of fused-ring (bicyclic) bond motifs is 2. The minimum Gasteiger partial charge on any atom is -0.334 e. The van der Waals surface area contributed by atoms with Gasteiger partial charge in [-0.15, -0.1) is 0 Å². The van der Waals surface area contributed by atoms with Gasteiger partial charge in [-0.3, -0.25) is 29.4 Å². The molecule has 4 aromatic rings. The van der Waals surface area contributed by atoms with Gasteiger partial charge in [0.1, 0.15) is 0 Å². The average Bonchev–Trinajstić information content (AvgIpc) is 3.43. The van der Waals surface area contributed by atoms with Crippen LogP contribution in [0, 0.1) is 0 Å². The molecule has 0 fully saturated rings. The summed E-state index contributed by atoms with van der Waals surface area (Å²) >= 11 is 6.17. The molecular weight excluding hydrogens is 478 g/mol. The fourth-order valence-electron chi connectivity index (χ4n) is 4.75. The Hall–Kier alpha value is -4.30. The van der Waals surface area contributed by atoms with Crippen molar-refractivity contribution in [1.82, 2.24) is 25.0 Å². The van der Waals surface area contributed by atoms with E-state index in [4.69, 9.17) is 11.6 Å². The van der Waals surface area contributed by atoms with Crippen LogP contribution in [0.1, 0.15) is 48.0 Å². The Bertz CT molecular complexity index is 1530. The molecule has 0 atom stereocenters. The molecule has 0 aliphatic carbocycles. The third kappa shape index (κ3) is 3.76. The van der Waals surface area contributed by atoms with Crippen molar-refractivity contribution in [3.8, 4) is 11.3 Å². The first-order valence-corrected chi connectivity index (χ1v) is 11.9. The molecule has 3 amide bonds. The van der Waals surface area contributed by atoms with Gasteiger partial charge in [0, 0.05) is 53.1 Å². The Kier molecular flexibility index (Phi) is 5.38. The van der Waals surface area contributed by atoms with Crippen LogP contribution >= 0.6 is 11.6 Å². The van der Waals surface area contributed by atoms with Gasteiger partial charge in [-0.2, -0.15) is 5.10 Å². The van der Waals surface area contributed by atoms with E-state index >= 15 is 0 Å². The molecule has 2 aromatic heterocycles. The number of nitrogens with one attached hydrogen (secondary N) is 1. The number of amides is 3. The number of imide groups is 1. The van der Waals surface area contributed by atoms with Gasteiger partial charge in [-0.05, 0) is 42.5 Å². The maximum atomic E-state index is 13.4. The monoisotopic (exact) mass is 497 g/mol. The highest BCUT2D eigenvalue weighted by atomic mass is 35.5. The van der Waals surface area contributed by atoms with Gasteiger partial charge in [0.25, 0.3) is 17.7 Å². The van der Waals surface area contributed by atoms with Crippen molar-refractivity contribution < 1.29 is 14.4 Å². The molecule has 6 rings (SSSR count). The average molecular weight is 498 g/mol. The SMILES string of the molecule is O=C(c1ccc2c(c1)C(=O)N(Cc1ccccn1)C2=O)N1CCc2[nH]nc(-c3cccc(Cl)c3)c2C1. The van der Waals surface area contributed by atoms with E-state index < -0.39 is 5.91 Å². The lowest BCUT2D eigenvalue weighted by Gasteiger charge is -2.27. The Morgan fingerprint density at radius 2 is 1.86 bits per heavy atom. The summed E-state index contributed by atoms with van der Waals surface area (Å²) in [6.45, 7) is 0.971. The van der Waals surface area contributed by atoms with Crippen LogP contribution in [-0.2, 0) is 19.5 Å². The Morgan fingerprint density at radius 1 is 1.00 bits per heavy atom. The molecule has 2 aliphatic rings. The van der Waals surface area contributed by atoms with Crippen molar-refractivity contribution in [2.45, 2.75) is 19.5 Å². The standard InChI is InChI=1S/C27H20ClN5O3/c28-18-5-3-4-16(12-18)24-22-15-32(11-9-23(22)30-31-24)25(34)17-7-8-20-21(13-17)27(36)33(26(20)35)14-19-6-1-2-10-29-19/h1-8,10,12-13H,9,11,14-15H2,(H,30,31). The quantitative estimate of drug-likeness (QED) is 0.427. The first-order valence-electron chi connectivity index (χ1n) is 11.5. The van der Waals surface area contributed by atoms with Crippen LogP contribution in [-0.4, -0.2) is 49.2 Å². The lowest BCUT2D eigenvalue weighted by atomic mass is 9.99. The number of carbonyl (C=O) groups is 3. The number of nitrogens with zero attached hydrogens (tertiary/aromatic N) is 4. The molecule has 8 nitrogen and oxygen atoms in total. The predicted octanol–water partition coefficient (Wildman–Crippen LogP) is 4.12. The number of aromatic nitrogens is 3. The van der Waals surface area contributed by atoms with Crippen molar-refractivity contribution >= 4 is 29.3 Å². The first-order chi connectivity index (χ1) is 17.5. The van der Waals surface area contributed by atoms with Crippen molar-refractivity contribution in [2.75, 3.05) is 6.54 Å². The van der Waals surface area contributed by atoms with Crippen molar-refractivity contribution in [3.05, 3.63) is 106 Å². The van der Waals surface area contributed by atoms with Crippen LogP contribution in [0.25, 0.3) is 11.3 Å². The van der Waals surface area contributed by atoms with Gasteiger partial charge >= 0.3 is 0 Å². The molecule has 0 unspecified atom stereocenters. The molecule has 178 valence electrons. The summed E-state index contributed by atoms with van der Waals surface area (Å²) in [7, 11) is 0. The predicted molar refractivity (Wildman–Crippen MR) is 132 cm³/mol. The molecule has 4 heterocycles. The minimum absolute atomic E-state index is 0.0815. The second kappa shape index (κ2) is 8.73. The van der Waals surface area contributed by atoms with Gasteiger partial charge < -0.3 is 4.90 Å². The van der Waals surface area contributed by atoms with Gasteiger partial charge in [0.15, 0.2) is 0 Å². The van der Waals surface area contributed by atoms with Gasteiger partial charge in [-0.25, -0.2) is 0 Å². The molecule has 36 heavy (non-hydrogen) atoms. The molecular formula is C27H20ClN5O3. The number of benzene rings is 2. The highest BCUT2D eigenvalue weighted by molar-refractivity contribution is 6.30. The number of hydrogen-bond acceptors (Lipinski definition) is 5. The molecule has 0 radical (unpaired) electrons. The summed E-state index contributed by atoms with van der Waals surface area (Å²) in [6, 6.07) is 17.5. The zero-order valence-corrected chi connectivity index (χ0v) is 19.8. The van der Waals surface area contributed by atoms with Crippen molar-refractivity contribution in [3.63, 3.8) is 0 Å². The second-order valence-corrected chi connectivity index (χ2v) is 9.23. The van der Waals surface area contributed by atoms with Crippen LogP contribution in [0.15, 0.2) is 66.9 Å². The number of pyridine rings is 1. The number of hydrogen-bond donors (Lipinski definition) is 1. The van der Waals surface area contributed by atoms with Crippen LogP contribution in [0.3, 0.4) is 0 Å². The van der Waals surface area contributed by atoms with E-state index in [1.807, 2.05) is 18.2 Å². The van der Waals surface area contributed by atoms with Crippen LogP contribution < -0.4 is 0 Å². The van der Waals surface area contributed by atoms with E-state index in [-0.39, 0.29) is 23.9 Å². The molecule has 0 spiro atoms. The van der Waals surface area contributed by atoms with Gasteiger partial charge in [0.05, 0.1) is 29.1 Å². The summed E-state index contributed by atoms with van der Waals surface area (Å²) < 4.78 is 0. The van der Waals surface area contributed by atoms with E-state index in [2.05, 4.69) is 15.2 Å². The second-order valence-electron chi connectivity index (χ2n) is 8.79. The van der Waals surface area contributed by atoms with Crippen LogP contribution in [0.4, 0.5) is 0 Å². The lowest BCUT2D eigenvalue weighted by Crippen LogP contribution is -2.36. The molecule has 9 heteroatoms.